The minimum atomic E-state index is -3.35. The number of sulfonamides is 1. The third kappa shape index (κ3) is 2.14. The molecule has 0 spiro atoms. The van der Waals surface area contributed by atoms with E-state index in [4.69, 9.17) is 0 Å². The predicted octanol–water partition coefficient (Wildman–Crippen LogP) is 0.945. The molecule has 1 aromatic rings. The molecule has 1 heterocycles. The van der Waals surface area contributed by atoms with E-state index >= 15 is 0 Å². The lowest BCUT2D eigenvalue weighted by molar-refractivity contribution is 0.565. The predicted molar refractivity (Wildman–Crippen MR) is 68.1 cm³/mol. The Labute approximate surface area is 109 Å². The Morgan fingerprint density at radius 2 is 1.76 bits per heavy atom. The van der Waals surface area contributed by atoms with Crippen molar-refractivity contribution < 1.29 is 8.42 Å². The molecule has 2 fully saturated rings. The van der Waals surface area contributed by atoms with E-state index < -0.39 is 10.0 Å². The van der Waals surface area contributed by atoms with Crippen LogP contribution in [-0.4, -0.2) is 27.5 Å². The highest BCUT2D eigenvalue weighted by molar-refractivity contribution is 9.10. The summed E-state index contributed by atoms with van der Waals surface area (Å²) in [5.74, 6) is 0.973. The van der Waals surface area contributed by atoms with Crippen LogP contribution in [0.2, 0.25) is 0 Å². The van der Waals surface area contributed by atoms with Crippen molar-refractivity contribution in [1.29, 1.82) is 0 Å². The van der Waals surface area contributed by atoms with Crippen molar-refractivity contribution in [2.45, 2.75) is 10.9 Å². The van der Waals surface area contributed by atoms with Crippen LogP contribution in [0.4, 0.5) is 0 Å². The highest BCUT2D eigenvalue weighted by Crippen LogP contribution is 2.42. The second kappa shape index (κ2) is 4.05. The van der Waals surface area contributed by atoms with Crippen molar-refractivity contribution in [3.63, 3.8) is 0 Å². The summed E-state index contributed by atoms with van der Waals surface area (Å²) in [6, 6.07) is 6.84. The van der Waals surface area contributed by atoms with E-state index in [0.717, 1.165) is 17.6 Å². The fourth-order valence-corrected chi connectivity index (χ4v) is 4.06. The van der Waals surface area contributed by atoms with Gasteiger partial charge in [0, 0.05) is 10.5 Å². The van der Waals surface area contributed by atoms with Crippen LogP contribution >= 0.6 is 15.9 Å². The number of rotatable bonds is 3. The smallest absolute Gasteiger partial charge is 0.240 e. The first-order valence-corrected chi connectivity index (χ1v) is 7.84. The zero-order valence-electron chi connectivity index (χ0n) is 9.06. The van der Waals surface area contributed by atoms with Gasteiger partial charge in [-0.25, -0.2) is 13.1 Å². The standard InChI is InChI=1S/C11H13BrN2O2S/c12-7-1-3-8(4-2-7)17(15,16)14-11-9-5-13-6-10(9)11/h1-4,9-11,13-14H,5-6H2. The van der Waals surface area contributed by atoms with Gasteiger partial charge in [-0.3, -0.25) is 0 Å². The Morgan fingerprint density at radius 3 is 2.35 bits per heavy atom. The summed E-state index contributed by atoms with van der Waals surface area (Å²) in [6.45, 7) is 1.86. The number of piperidine rings is 1. The number of hydrogen-bond acceptors (Lipinski definition) is 3. The molecule has 6 heteroatoms. The monoisotopic (exact) mass is 316 g/mol. The maximum Gasteiger partial charge on any atom is 0.240 e. The van der Waals surface area contributed by atoms with Crippen LogP contribution < -0.4 is 10.0 Å². The van der Waals surface area contributed by atoms with Gasteiger partial charge in [0.15, 0.2) is 0 Å². The van der Waals surface area contributed by atoms with Gasteiger partial charge in [0.1, 0.15) is 0 Å². The lowest BCUT2D eigenvalue weighted by atomic mass is 10.4. The van der Waals surface area contributed by atoms with Crippen molar-refractivity contribution in [3.8, 4) is 0 Å². The van der Waals surface area contributed by atoms with E-state index in [0.29, 0.717) is 16.7 Å². The van der Waals surface area contributed by atoms with Gasteiger partial charge >= 0.3 is 0 Å². The minimum absolute atomic E-state index is 0.130. The largest absolute Gasteiger partial charge is 0.316 e. The highest BCUT2D eigenvalue weighted by atomic mass is 79.9. The molecule has 2 unspecified atom stereocenters. The summed E-state index contributed by atoms with van der Waals surface area (Å²) < 4.78 is 27.8. The molecule has 1 aliphatic heterocycles. The summed E-state index contributed by atoms with van der Waals surface area (Å²) >= 11 is 3.29. The quantitative estimate of drug-likeness (QED) is 0.872. The van der Waals surface area contributed by atoms with Gasteiger partial charge < -0.3 is 5.32 Å². The third-order valence-corrected chi connectivity index (χ3v) is 5.51. The Kier molecular flexibility index (Phi) is 2.77. The second-order valence-electron chi connectivity index (χ2n) is 4.59. The summed E-state index contributed by atoms with van der Waals surface area (Å²) in [7, 11) is -3.35. The van der Waals surface area contributed by atoms with E-state index in [2.05, 4.69) is 26.0 Å². The molecule has 3 rings (SSSR count). The number of benzene rings is 1. The van der Waals surface area contributed by atoms with Crippen LogP contribution in [0.5, 0.6) is 0 Å². The molecule has 1 aliphatic carbocycles. The molecule has 0 amide bonds. The molecule has 1 saturated carbocycles. The van der Waals surface area contributed by atoms with Crippen LogP contribution in [0.25, 0.3) is 0 Å². The zero-order chi connectivity index (χ0) is 12.0. The molecular weight excluding hydrogens is 304 g/mol. The molecule has 2 aliphatic rings. The fraction of sp³-hybridized carbons (Fsp3) is 0.455. The molecule has 92 valence electrons. The molecule has 0 aromatic heterocycles. The topological polar surface area (TPSA) is 58.2 Å². The molecule has 0 bridgehead atoms. The molecule has 17 heavy (non-hydrogen) atoms. The van der Waals surface area contributed by atoms with Gasteiger partial charge in [0.05, 0.1) is 4.90 Å². The van der Waals surface area contributed by atoms with Crippen LogP contribution in [-0.2, 0) is 10.0 Å². The van der Waals surface area contributed by atoms with Gasteiger partial charge in [0.25, 0.3) is 0 Å². The molecule has 2 N–H and O–H groups in total. The highest BCUT2D eigenvalue weighted by Gasteiger charge is 2.54. The summed E-state index contributed by atoms with van der Waals surface area (Å²) in [6.07, 6.45) is 0. The van der Waals surface area contributed by atoms with Gasteiger partial charge in [-0.1, -0.05) is 15.9 Å². The van der Waals surface area contributed by atoms with Crippen molar-refractivity contribution in [1.82, 2.24) is 10.0 Å². The van der Waals surface area contributed by atoms with Gasteiger partial charge in [-0.15, -0.1) is 0 Å². The lowest BCUT2D eigenvalue weighted by Gasteiger charge is -2.08. The minimum Gasteiger partial charge on any atom is -0.316 e. The van der Waals surface area contributed by atoms with Crippen LogP contribution in [0.15, 0.2) is 33.6 Å². The molecule has 1 aromatic carbocycles. The molecule has 2 atom stereocenters. The van der Waals surface area contributed by atoms with E-state index in [9.17, 15) is 8.42 Å². The van der Waals surface area contributed by atoms with Crippen molar-refractivity contribution >= 4 is 26.0 Å². The van der Waals surface area contributed by atoms with E-state index in [1.807, 2.05) is 0 Å². The Hall–Kier alpha value is -0.430. The van der Waals surface area contributed by atoms with Gasteiger partial charge in [0.2, 0.25) is 10.0 Å². The maximum absolute atomic E-state index is 12.1. The first-order chi connectivity index (χ1) is 8.08. The molecular formula is C11H13BrN2O2S. The SMILES string of the molecule is O=S(=O)(NC1C2CNCC21)c1ccc(Br)cc1. The fourth-order valence-electron chi connectivity index (χ4n) is 2.45. The Bertz CT molecular complexity index is 519. The number of hydrogen-bond donors (Lipinski definition) is 2. The van der Waals surface area contributed by atoms with E-state index in [-0.39, 0.29) is 6.04 Å². The normalized spacial score (nSPS) is 31.2. The second-order valence-corrected chi connectivity index (χ2v) is 7.22. The van der Waals surface area contributed by atoms with Crippen LogP contribution in [0, 0.1) is 11.8 Å². The van der Waals surface area contributed by atoms with Crippen LogP contribution in [0.3, 0.4) is 0 Å². The zero-order valence-corrected chi connectivity index (χ0v) is 11.5. The summed E-state index contributed by atoms with van der Waals surface area (Å²) in [4.78, 5) is 0.332. The van der Waals surface area contributed by atoms with E-state index in [1.54, 1.807) is 24.3 Å². The van der Waals surface area contributed by atoms with Crippen LogP contribution in [0.1, 0.15) is 0 Å². The first-order valence-electron chi connectivity index (χ1n) is 5.56. The molecule has 0 radical (unpaired) electrons. The number of fused-ring (bicyclic) bond motifs is 1. The number of halogens is 1. The third-order valence-electron chi connectivity index (χ3n) is 3.51. The van der Waals surface area contributed by atoms with Gasteiger partial charge in [-0.2, -0.15) is 0 Å². The van der Waals surface area contributed by atoms with Gasteiger partial charge in [-0.05, 0) is 49.2 Å². The summed E-state index contributed by atoms with van der Waals surface area (Å²) in [5, 5.41) is 3.24. The maximum atomic E-state index is 12.1. The first kappa shape index (κ1) is 11.6. The lowest BCUT2D eigenvalue weighted by Crippen LogP contribution is -2.32. The number of nitrogens with one attached hydrogen (secondary N) is 2. The van der Waals surface area contributed by atoms with Crippen molar-refractivity contribution in [2.24, 2.45) is 11.8 Å². The van der Waals surface area contributed by atoms with Crippen molar-refractivity contribution in [2.75, 3.05) is 13.1 Å². The average Bonchev–Trinajstić information content (AvgIpc) is 2.75. The average molecular weight is 317 g/mol. The van der Waals surface area contributed by atoms with Crippen molar-refractivity contribution in [3.05, 3.63) is 28.7 Å². The molecule has 4 nitrogen and oxygen atoms in total. The van der Waals surface area contributed by atoms with E-state index in [1.165, 1.54) is 0 Å². The molecule has 1 saturated heterocycles. The Morgan fingerprint density at radius 1 is 1.18 bits per heavy atom. The Balaban J connectivity index is 1.75. The summed E-state index contributed by atoms with van der Waals surface area (Å²) in [5.41, 5.74) is 0.